The summed E-state index contributed by atoms with van der Waals surface area (Å²) in [5.41, 5.74) is 0.880. The molecule has 1 unspecified atom stereocenters. The molecule has 2 aromatic rings. The molecule has 2 aromatic heterocycles. The first-order valence-corrected chi connectivity index (χ1v) is 7.59. The van der Waals surface area contributed by atoms with Crippen molar-refractivity contribution < 1.29 is 4.74 Å². The number of rotatable bonds is 4. The van der Waals surface area contributed by atoms with Crippen molar-refractivity contribution in [2.24, 2.45) is 0 Å². The van der Waals surface area contributed by atoms with Crippen LogP contribution in [0.3, 0.4) is 0 Å². The van der Waals surface area contributed by atoms with E-state index in [1.165, 1.54) is 0 Å². The van der Waals surface area contributed by atoms with Crippen molar-refractivity contribution in [2.75, 3.05) is 11.9 Å². The molecule has 0 bridgehead atoms. The van der Waals surface area contributed by atoms with E-state index in [0.717, 1.165) is 35.2 Å². The summed E-state index contributed by atoms with van der Waals surface area (Å²) < 4.78 is 6.43. The zero-order valence-corrected chi connectivity index (χ0v) is 13.0. The number of hydrogen-bond acceptors (Lipinski definition) is 5. The van der Waals surface area contributed by atoms with E-state index < -0.39 is 0 Å². The molecule has 108 valence electrons. The Bertz CT molecular complexity index is 647. The normalized spacial score (nSPS) is 17.3. The molecular weight excluding hydrogens is 332 g/mol. The van der Waals surface area contributed by atoms with Gasteiger partial charge in [0, 0.05) is 28.6 Å². The summed E-state index contributed by atoms with van der Waals surface area (Å²) in [6, 6.07) is 3.80. The van der Waals surface area contributed by atoms with Gasteiger partial charge in [0.25, 0.3) is 0 Å². The zero-order valence-electron chi connectivity index (χ0n) is 11.4. The molecule has 3 rings (SSSR count). The lowest BCUT2D eigenvalue weighted by Crippen LogP contribution is -2.23. The maximum atomic E-state index is 5.53. The number of allylic oxidation sites excluding steroid dienone is 1. The summed E-state index contributed by atoms with van der Waals surface area (Å²) in [6.45, 7) is 0.734. The fraction of sp³-hybridized carbons (Fsp3) is 0.267. The van der Waals surface area contributed by atoms with Crippen molar-refractivity contribution in [3.8, 4) is 11.4 Å². The highest BCUT2D eigenvalue weighted by molar-refractivity contribution is 9.10. The number of pyridine rings is 1. The highest BCUT2D eigenvalue weighted by Crippen LogP contribution is 2.19. The second-order valence-electron chi connectivity index (χ2n) is 4.75. The van der Waals surface area contributed by atoms with Gasteiger partial charge in [-0.2, -0.15) is 0 Å². The minimum Gasteiger partial charge on any atom is -0.497 e. The predicted octanol–water partition coefficient (Wildman–Crippen LogP) is 3.41. The Morgan fingerprint density at radius 1 is 1.38 bits per heavy atom. The standard InChI is InChI=1S/C15H15BrN4O/c16-12-7-11(8-17-9-12)15-18-5-4-14(20-15)19-10-13-3-1-2-6-21-13/h2,4-9,13H,1,3,10H2,(H,18,19,20). The maximum Gasteiger partial charge on any atom is 0.163 e. The molecule has 0 saturated carbocycles. The minimum absolute atomic E-state index is 0.195. The van der Waals surface area contributed by atoms with E-state index in [4.69, 9.17) is 4.74 Å². The number of ether oxygens (including phenoxy) is 1. The van der Waals surface area contributed by atoms with Crippen LogP contribution in [0.2, 0.25) is 0 Å². The summed E-state index contributed by atoms with van der Waals surface area (Å²) in [7, 11) is 0. The zero-order chi connectivity index (χ0) is 14.5. The molecule has 0 radical (unpaired) electrons. The van der Waals surface area contributed by atoms with Crippen molar-refractivity contribution in [1.82, 2.24) is 15.0 Å². The van der Waals surface area contributed by atoms with E-state index in [1.54, 1.807) is 24.9 Å². The van der Waals surface area contributed by atoms with Gasteiger partial charge in [0.1, 0.15) is 11.9 Å². The smallest absolute Gasteiger partial charge is 0.163 e. The van der Waals surface area contributed by atoms with Gasteiger partial charge in [-0.15, -0.1) is 0 Å². The summed E-state index contributed by atoms with van der Waals surface area (Å²) >= 11 is 3.40. The van der Waals surface area contributed by atoms with Gasteiger partial charge in [-0.05, 0) is 47.0 Å². The molecule has 1 atom stereocenters. The lowest BCUT2D eigenvalue weighted by atomic mass is 10.1. The lowest BCUT2D eigenvalue weighted by Gasteiger charge is -2.19. The lowest BCUT2D eigenvalue weighted by molar-refractivity contribution is 0.135. The third kappa shape index (κ3) is 3.78. The molecule has 3 heterocycles. The molecule has 0 saturated heterocycles. The quantitative estimate of drug-likeness (QED) is 0.919. The summed E-state index contributed by atoms with van der Waals surface area (Å²) in [6.07, 6.45) is 11.3. The summed E-state index contributed by atoms with van der Waals surface area (Å²) in [4.78, 5) is 12.9. The van der Waals surface area contributed by atoms with Crippen molar-refractivity contribution >= 4 is 21.7 Å². The predicted molar refractivity (Wildman–Crippen MR) is 84.7 cm³/mol. The van der Waals surface area contributed by atoms with Gasteiger partial charge in [0.2, 0.25) is 0 Å². The molecule has 0 aliphatic carbocycles. The third-order valence-corrected chi connectivity index (χ3v) is 3.59. The molecule has 1 aliphatic heterocycles. The Balaban J connectivity index is 1.69. The van der Waals surface area contributed by atoms with E-state index >= 15 is 0 Å². The maximum absolute atomic E-state index is 5.53. The topological polar surface area (TPSA) is 59.9 Å². The van der Waals surface area contributed by atoms with Gasteiger partial charge in [-0.3, -0.25) is 4.98 Å². The second kappa shape index (κ2) is 6.67. The number of anilines is 1. The van der Waals surface area contributed by atoms with Crippen LogP contribution in [0, 0.1) is 0 Å². The Hall–Kier alpha value is -1.95. The van der Waals surface area contributed by atoms with E-state index in [2.05, 4.69) is 36.2 Å². The van der Waals surface area contributed by atoms with E-state index in [-0.39, 0.29) is 6.10 Å². The Labute approximate surface area is 131 Å². The number of halogens is 1. The Kier molecular flexibility index (Phi) is 4.45. The largest absolute Gasteiger partial charge is 0.497 e. The van der Waals surface area contributed by atoms with Crippen LogP contribution in [0.25, 0.3) is 11.4 Å². The Morgan fingerprint density at radius 3 is 3.14 bits per heavy atom. The van der Waals surface area contributed by atoms with Gasteiger partial charge in [0.05, 0.1) is 12.8 Å². The van der Waals surface area contributed by atoms with E-state index in [9.17, 15) is 0 Å². The monoisotopic (exact) mass is 346 g/mol. The summed E-state index contributed by atoms with van der Waals surface area (Å²) in [5.74, 6) is 1.44. The highest BCUT2D eigenvalue weighted by Gasteiger charge is 2.11. The highest BCUT2D eigenvalue weighted by atomic mass is 79.9. The first kappa shape index (κ1) is 14.0. The molecule has 0 spiro atoms. The second-order valence-corrected chi connectivity index (χ2v) is 5.66. The van der Waals surface area contributed by atoms with Gasteiger partial charge >= 0.3 is 0 Å². The number of hydrogen-bond donors (Lipinski definition) is 1. The summed E-state index contributed by atoms with van der Waals surface area (Å²) in [5, 5.41) is 3.30. The van der Waals surface area contributed by atoms with Crippen molar-refractivity contribution in [2.45, 2.75) is 18.9 Å². The average molecular weight is 347 g/mol. The van der Waals surface area contributed by atoms with Crippen LogP contribution < -0.4 is 5.32 Å². The van der Waals surface area contributed by atoms with Crippen molar-refractivity contribution in [1.29, 1.82) is 0 Å². The average Bonchev–Trinajstić information content (AvgIpc) is 2.54. The van der Waals surface area contributed by atoms with Gasteiger partial charge in [-0.25, -0.2) is 9.97 Å². The minimum atomic E-state index is 0.195. The van der Waals surface area contributed by atoms with Crippen LogP contribution >= 0.6 is 15.9 Å². The van der Waals surface area contributed by atoms with Crippen LogP contribution in [0.15, 0.2) is 47.5 Å². The Morgan fingerprint density at radius 2 is 2.33 bits per heavy atom. The fourth-order valence-electron chi connectivity index (χ4n) is 2.08. The third-order valence-electron chi connectivity index (χ3n) is 3.15. The number of nitrogens with zero attached hydrogens (tertiary/aromatic N) is 3. The van der Waals surface area contributed by atoms with Crippen molar-refractivity contribution in [3.63, 3.8) is 0 Å². The number of nitrogens with one attached hydrogen (secondary N) is 1. The first-order valence-electron chi connectivity index (χ1n) is 6.79. The number of aromatic nitrogens is 3. The van der Waals surface area contributed by atoms with Gasteiger partial charge in [0.15, 0.2) is 5.82 Å². The molecule has 1 N–H and O–H groups in total. The van der Waals surface area contributed by atoms with Crippen LogP contribution in [-0.2, 0) is 4.74 Å². The molecule has 1 aliphatic rings. The molecule has 21 heavy (non-hydrogen) atoms. The first-order chi connectivity index (χ1) is 10.3. The molecule has 0 aromatic carbocycles. The molecular formula is C15H15BrN4O. The van der Waals surface area contributed by atoms with E-state index in [1.807, 2.05) is 18.2 Å². The van der Waals surface area contributed by atoms with Gasteiger partial charge in [-0.1, -0.05) is 0 Å². The van der Waals surface area contributed by atoms with Crippen molar-refractivity contribution in [3.05, 3.63) is 47.5 Å². The fourth-order valence-corrected chi connectivity index (χ4v) is 2.45. The van der Waals surface area contributed by atoms with Crippen LogP contribution in [0.4, 0.5) is 5.82 Å². The molecule has 0 fully saturated rings. The molecule has 0 amide bonds. The molecule has 6 heteroatoms. The van der Waals surface area contributed by atoms with Gasteiger partial charge < -0.3 is 10.1 Å². The molecule has 5 nitrogen and oxygen atoms in total. The SMILES string of the molecule is Brc1cncc(-c2nccc(NCC3CCC=CO3)n2)c1. The van der Waals surface area contributed by atoms with Crippen LogP contribution in [-0.4, -0.2) is 27.6 Å². The van der Waals surface area contributed by atoms with E-state index in [0.29, 0.717) is 5.82 Å². The van der Waals surface area contributed by atoms with Crippen LogP contribution in [0.1, 0.15) is 12.8 Å². The van der Waals surface area contributed by atoms with Crippen LogP contribution in [0.5, 0.6) is 0 Å².